The Morgan fingerprint density at radius 1 is 1.26 bits per heavy atom. The number of halogens is 2. The molecule has 5 fully saturated rings. The summed E-state index contributed by atoms with van der Waals surface area (Å²) in [5.74, 6) is 0.621. The zero-order valence-electron chi connectivity index (χ0n) is 13.2. The standard InChI is InChI=1S/C17H23F2N3O/c18-13-2-14(7-20)22(9-13)15(23)8-21-17-5-11-1-12(6-17)4-16(19,3-11)10-17/h11-14,21H,1-6,8-10H2/t11?,12?,13-,14-,16?,17?/m0/s1. The number of nitrogens with zero attached hydrogens (tertiary/aromatic N) is 2. The summed E-state index contributed by atoms with van der Waals surface area (Å²) in [6, 6.07) is 1.34. The number of alkyl halides is 2. The summed E-state index contributed by atoms with van der Waals surface area (Å²) in [5, 5.41) is 12.4. The first-order valence-corrected chi connectivity index (χ1v) is 8.67. The fourth-order valence-electron chi connectivity index (χ4n) is 5.90. The molecule has 5 rings (SSSR count). The van der Waals surface area contributed by atoms with Crippen molar-refractivity contribution in [2.75, 3.05) is 13.1 Å². The summed E-state index contributed by atoms with van der Waals surface area (Å²) in [5.41, 5.74) is -1.33. The molecule has 5 aliphatic rings. The van der Waals surface area contributed by atoms with E-state index in [0.29, 0.717) is 31.1 Å². The van der Waals surface area contributed by atoms with Gasteiger partial charge >= 0.3 is 0 Å². The number of carbonyl (C=O) groups excluding carboxylic acids is 1. The van der Waals surface area contributed by atoms with E-state index in [9.17, 15) is 13.6 Å². The summed E-state index contributed by atoms with van der Waals surface area (Å²) in [4.78, 5) is 13.7. The van der Waals surface area contributed by atoms with Gasteiger partial charge in [0.25, 0.3) is 0 Å². The molecule has 4 atom stereocenters. The number of hydrogen-bond acceptors (Lipinski definition) is 3. The van der Waals surface area contributed by atoms with Crippen LogP contribution in [0.3, 0.4) is 0 Å². The minimum atomic E-state index is -1.11. The van der Waals surface area contributed by atoms with Gasteiger partial charge in [-0.05, 0) is 50.4 Å². The number of carbonyl (C=O) groups is 1. The van der Waals surface area contributed by atoms with Gasteiger partial charge in [-0.15, -0.1) is 0 Å². The van der Waals surface area contributed by atoms with Crippen LogP contribution in [0, 0.1) is 23.2 Å². The molecule has 4 bridgehead atoms. The minimum absolute atomic E-state index is 0.00401. The van der Waals surface area contributed by atoms with Crippen LogP contribution in [0.5, 0.6) is 0 Å². The molecular weight excluding hydrogens is 300 g/mol. The Morgan fingerprint density at radius 2 is 1.96 bits per heavy atom. The maximum atomic E-state index is 14.9. The van der Waals surface area contributed by atoms with Crippen LogP contribution in [0.15, 0.2) is 0 Å². The van der Waals surface area contributed by atoms with Gasteiger partial charge in [0.15, 0.2) is 0 Å². The second-order valence-electron chi connectivity index (χ2n) is 8.27. The van der Waals surface area contributed by atoms with Crippen LogP contribution < -0.4 is 5.32 Å². The van der Waals surface area contributed by atoms with Gasteiger partial charge in [-0.1, -0.05) is 0 Å². The second-order valence-corrected chi connectivity index (χ2v) is 8.27. The highest BCUT2D eigenvalue weighted by atomic mass is 19.1. The summed E-state index contributed by atoms with van der Waals surface area (Å²) in [6.07, 6.45) is 3.83. The molecule has 1 aliphatic heterocycles. The second kappa shape index (κ2) is 5.14. The molecule has 6 heteroatoms. The molecule has 1 N–H and O–H groups in total. The number of nitriles is 1. The maximum Gasteiger partial charge on any atom is 0.237 e. The summed E-state index contributed by atoms with van der Waals surface area (Å²) in [6.45, 7) is 0.0878. The molecule has 4 nitrogen and oxygen atoms in total. The van der Waals surface area contributed by atoms with Gasteiger partial charge in [-0.2, -0.15) is 5.26 Å². The molecule has 1 amide bonds. The van der Waals surface area contributed by atoms with Crippen molar-refractivity contribution in [3.05, 3.63) is 0 Å². The molecule has 4 aliphatic carbocycles. The van der Waals surface area contributed by atoms with E-state index in [1.165, 1.54) is 4.90 Å². The van der Waals surface area contributed by atoms with Gasteiger partial charge in [0, 0.05) is 12.0 Å². The van der Waals surface area contributed by atoms with Crippen LogP contribution in [0.4, 0.5) is 8.78 Å². The van der Waals surface area contributed by atoms with E-state index in [1.807, 2.05) is 6.07 Å². The minimum Gasteiger partial charge on any atom is -0.323 e. The SMILES string of the molecule is N#C[C@@H]1C[C@H](F)CN1C(=O)CNC12CC3CC(CC(F)(C3)C1)C2. The first kappa shape index (κ1) is 15.3. The third-order valence-corrected chi connectivity index (χ3v) is 6.32. The Morgan fingerprint density at radius 3 is 2.57 bits per heavy atom. The van der Waals surface area contributed by atoms with Crippen molar-refractivity contribution in [1.82, 2.24) is 10.2 Å². The van der Waals surface area contributed by atoms with E-state index < -0.39 is 17.9 Å². The fraction of sp³-hybridized carbons (Fsp3) is 0.882. The van der Waals surface area contributed by atoms with Crippen molar-refractivity contribution < 1.29 is 13.6 Å². The van der Waals surface area contributed by atoms with E-state index >= 15 is 0 Å². The topological polar surface area (TPSA) is 56.1 Å². The van der Waals surface area contributed by atoms with Gasteiger partial charge in [0.05, 0.1) is 19.2 Å². The molecule has 23 heavy (non-hydrogen) atoms. The summed E-state index contributed by atoms with van der Waals surface area (Å²) in [7, 11) is 0. The smallest absolute Gasteiger partial charge is 0.237 e. The van der Waals surface area contributed by atoms with Gasteiger partial charge < -0.3 is 10.2 Å². The molecule has 126 valence electrons. The molecule has 0 aromatic carbocycles. The maximum absolute atomic E-state index is 14.9. The highest BCUT2D eigenvalue weighted by Crippen LogP contribution is 2.58. The lowest BCUT2D eigenvalue weighted by atomic mass is 9.51. The Labute approximate surface area is 135 Å². The third kappa shape index (κ3) is 2.63. The van der Waals surface area contributed by atoms with E-state index in [2.05, 4.69) is 5.32 Å². The first-order chi connectivity index (χ1) is 10.9. The normalized spacial score (nSPS) is 47.8. The Kier molecular flexibility index (Phi) is 3.42. The van der Waals surface area contributed by atoms with Crippen LogP contribution in [0.25, 0.3) is 0 Å². The van der Waals surface area contributed by atoms with Crippen molar-refractivity contribution in [3.63, 3.8) is 0 Å². The van der Waals surface area contributed by atoms with Crippen LogP contribution in [0.2, 0.25) is 0 Å². The third-order valence-electron chi connectivity index (χ3n) is 6.32. The number of hydrogen-bond donors (Lipinski definition) is 1. The van der Waals surface area contributed by atoms with Crippen molar-refractivity contribution in [2.24, 2.45) is 11.8 Å². The van der Waals surface area contributed by atoms with E-state index in [1.54, 1.807) is 0 Å². The van der Waals surface area contributed by atoms with Crippen molar-refractivity contribution in [3.8, 4) is 6.07 Å². The lowest BCUT2D eigenvalue weighted by Crippen LogP contribution is -2.64. The molecule has 0 spiro atoms. The van der Waals surface area contributed by atoms with Gasteiger partial charge in [0.2, 0.25) is 5.91 Å². The predicted molar refractivity (Wildman–Crippen MR) is 79.9 cm³/mol. The van der Waals surface area contributed by atoms with Crippen molar-refractivity contribution >= 4 is 5.91 Å². The molecule has 4 saturated carbocycles. The van der Waals surface area contributed by atoms with Crippen LogP contribution >= 0.6 is 0 Å². The molecule has 0 aromatic rings. The van der Waals surface area contributed by atoms with Crippen LogP contribution in [0.1, 0.15) is 44.9 Å². The number of nitrogens with one attached hydrogen (secondary N) is 1. The lowest BCUT2D eigenvalue weighted by molar-refractivity contribution is -0.133. The Bertz CT molecular complexity index is 547. The highest BCUT2D eigenvalue weighted by Gasteiger charge is 2.58. The average Bonchev–Trinajstić information content (AvgIpc) is 2.83. The van der Waals surface area contributed by atoms with Gasteiger partial charge in [0.1, 0.15) is 17.9 Å². The fourth-order valence-corrected chi connectivity index (χ4v) is 5.90. The lowest BCUT2D eigenvalue weighted by Gasteiger charge is -2.59. The van der Waals surface area contributed by atoms with Crippen LogP contribution in [-0.4, -0.2) is 47.3 Å². The van der Waals surface area contributed by atoms with Crippen LogP contribution in [-0.2, 0) is 4.79 Å². The van der Waals surface area contributed by atoms with E-state index in [0.717, 1.165) is 19.3 Å². The Hall–Kier alpha value is -1.22. The molecule has 2 unspecified atom stereocenters. The van der Waals surface area contributed by atoms with Gasteiger partial charge in [-0.25, -0.2) is 8.78 Å². The quantitative estimate of drug-likeness (QED) is 0.865. The number of amides is 1. The van der Waals surface area contributed by atoms with Crippen molar-refractivity contribution in [1.29, 1.82) is 5.26 Å². The molecule has 0 radical (unpaired) electrons. The van der Waals surface area contributed by atoms with E-state index in [4.69, 9.17) is 5.26 Å². The monoisotopic (exact) mass is 323 g/mol. The molecular formula is C17H23F2N3O. The zero-order valence-corrected chi connectivity index (χ0v) is 13.2. The van der Waals surface area contributed by atoms with Gasteiger partial charge in [-0.3, -0.25) is 4.79 Å². The Balaban J connectivity index is 1.41. The number of rotatable bonds is 3. The largest absolute Gasteiger partial charge is 0.323 e. The highest BCUT2D eigenvalue weighted by molar-refractivity contribution is 5.79. The average molecular weight is 323 g/mol. The number of likely N-dealkylation sites (tertiary alicyclic amines) is 1. The first-order valence-electron chi connectivity index (χ1n) is 8.67. The molecule has 0 aromatic heterocycles. The summed E-state index contributed by atoms with van der Waals surface area (Å²) >= 11 is 0. The zero-order chi connectivity index (χ0) is 16.2. The molecule has 1 heterocycles. The molecule has 1 saturated heterocycles. The summed E-state index contributed by atoms with van der Waals surface area (Å²) < 4.78 is 28.4. The predicted octanol–water partition coefficient (Wildman–Crippen LogP) is 2.10. The van der Waals surface area contributed by atoms with Crippen molar-refractivity contribution in [2.45, 2.75) is 68.4 Å². The van der Waals surface area contributed by atoms with E-state index in [-0.39, 0.29) is 31.0 Å².